The molecule has 0 N–H and O–H groups in total. The number of halogens is 9. The number of aromatic nitrogens is 1. The van der Waals surface area contributed by atoms with E-state index in [0.717, 1.165) is 36.4 Å². The Morgan fingerprint density at radius 3 is 1.18 bits per heavy atom. The monoisotopic (exact) mass is 559 g/mol. The molecule has 13 heteroatoms. The first-order valence-corrected chi connectivity index (χ1v) is 10.7. The van der Waals surface area contributed by atoms with Gasteiger partial charge in [0.15, 0.2) is 0 Å². The normalized spacial score (nSPS) is 12.2. The molecule has 0 saturated heterocycles. The fraction of sp³-hybridized carbons (Fsp3) is 0.115. The van der Waals surface area contributed by atoms with E-state index in [2.05, 4.69) is 19.2 Å². The van der Waals surface area contributed by atoms with Crippen LogP contribution in [-0.2, 0) is 0 Å². The molecule has 1 heterocycles. The van der Waals surface area contributed by atoms with Crippen molar-refractivity contribution < 1.29 is 53.7 Å². The highest BCUT2D eigenvalue weighted by atomic mass is 19.4. The minimum Gasteiger partial charge on any atom is -0.406 e. The molecular formula is C26H14F9NO3. The minimum absolute atomic E-state index is 0.263. The van der Waals surface area contributed by atoms with Crippen LogP contribution in [0.3, 0.4) is 0 Å². The summed E-state index contributed by atoms with van der Waals surface area (Å²) in [4.78, 5) is 4.38. The average Bonchev–Trinajstić information content (AvgIpc) is 2.82. The van der Waals surface area contributed by atoms with E-state index in [9.17, 15) is 39.5 Å². The second kappa shape index (κ2) is 10.4. The van der Waals surface area contributed by atoms with Crippen molar-refractivity contribution in [3.05, 3.63) is 85.1 Å². The summed E-state index contributed by atoms with van der Waals surface area (Å²) >= 11 is 0. The van der Waals surface area contributed by atoms with E-state index in [1.54, 1.807) is 6.07 Å². The van der Waals surface area contributed by atoms with Crippen LogP contribution in [0.4, 0.5) is 39.5 Å². The molecule has 0 amide bonds. The zero-order valence-electron chi connectivity index (χ0n) is 19.2. The van der Waals surface area contributed by atoms with Crippen molar-refractivity contribution in [1.82, 2.24) is 4.98 Å². The number of hydrogen-bond acceptors (Lipinski definition) is 4. The smallest absolute Gasteiger partial charge is 0.406 e. The van der Waals surface area contributed by atoms with Gasteiger partial charge in [0.2, 0.25) is 0 Å². The highest BCUT2D eigenvalue weighted by Crippen LogP contribution is 2.37. The lowest BCUT2D eigenvalue weighted by atomic mass is 9.96. The van der Waals surface area contributed by atoms with Crippen LogP contribution in [0.5, 0.6) is 17.2 Å². The van der Waals surface area contributed by atoms with Crippen LogP contribution in [-0.4, -0.2) is 24.1 Å². The first-order valence-electron chi connectivity index (χ1n) is 10.7. The number of pyridine rings is 1. The SMILES string of the molecule is FC(F)(F)Oc1ccc(-c2cnc(-c3ccc(OC(F)(F)F)cc3)c(-c3ccc(OC(F)(F)F)cc3)c2)cc1. The maximum Gasteiger partial charge on any atom is 0.573 e. The Balaban J connectivity index is 1.74. The van der Waals surface area contributed by atoms with E-state index in [4.69, 9.17) is 0 Å². The van der Waals surface area contributed by atoms with Crippen LogP contribution in [0.15, 0.2) is 85.1 Å². The molecule has 4 rings (SSSR count). The molecule has 39 heavy (non-hydrogen) atoms. The predicted molar refractivity (Wildman–Crippen MR) is 121 cm³/mol. The first kappa shape index (κ1) is 27.6. The fourth-order valence-corrected chi connectivity index (χ4v) is 3.57. The molecule has 4 nitrogen and oxygen atoms in total. The van der Waals surface area contributed by atoms with Gasteiger partial charge in [-0.3, -0.25) is 4.98 Å². The highest BCUT2D eigenvalue weighted by Gasteiger charge is 2.32. The van der Waals surface area contributed by atoms with Crippen molar-refractivity contribution in [3.63, 3.8) is 0 Å². The molecule has 4 aromatic rings. The Kier molecular flexibility index (Phi) is 7.35. The van der Waals surface area contributed by atoms with E-state index < -0.39 is 36.3 Å². The summed E-state index contributed by atoms with van der Waals surface area (Å²) in [5, 5.41) is 0. The fourth-order valence-electron chi connectivity index (χ4n) is 3.57. The summed E-state index contributed by atoms with van der Waals surface area (Å²) in [7, 11) is 0. The van der Waals surface area contributed by atoms with Crippen LogP contribution < -0.4 is 14.2 Å². The second-order valence-electron chi connectivity index (χ2n) is 7.84. The molecule has 0 saturated carbocycles. The van der Waals surface area contributed by atoms with Crippen LogP contribution in [0, 0.1) is 0 Å². The van der Waals surface area contributed by atoms with E-state index in [0.29, 0.717) is 27.8 Å². The van der Waals surface area contributed by atoms with Crippen molar-refractivity contribution in [2.24, 2.45) is 0 Å². The first-order chi connectivity index (χ1) is 18.2. The van der Waals surface area contributed by atoms with Gasteiger partial charge >= 0.3 is 19.1 Å². The predicted octanol–water partition coefficient (Wildman–Crippen LogP) is 8.78. The molecule has 0 aliphatic rings. The number of ether oxygens (including phenoxy) is 3. The van der Waals surface area contributed by atoms with E-state index in [1.165, 1.54) is 42.6 Å². The van der Waals surface area contributed by atoms with E-state index in [1.807, 2.05) is 0 Å². The van der Waals surface area contributed by atoms with Gasteiger partial charge in [-0.25, -0.2) is 0 Å². The lowest BCUT2D eigenvalue weighted by Gasteiger charge is -2.14. The van der Waals surface area contributed by atoms with Crippen molar-refractivity contribution >= 4 is 0 Å². The van der Waals surface area contributed by atoms with Gasteiger partial charge in [-0.05, 0) is 65.7 Å². The quantitative estimate of drug-likeness (QED) is 0.222. The third-order valence-corrected chi connectivity index (χ3v) is 5.07. The summed E-state index contributed by atoms with van der Waals surface area (Å²) in [5.74, 6) is -1.40. The van der Waals surface area contributed by atoms with Crippen molar-refractivity contribution in [3.8, 4) is 50.8 Å². The van der Waals surface area contributed by atoms with Crippen LogP contribution >= 0.6 is 0 Å². The van der Waals surface area contributed by atoms with Gasteiger partial charge < -0.3 is 14.2 Å². The van der Waals surface area contributed by atoms with Gasteiger partial charge in [0.1, 0.15) is 17.2 Å². The molecule has 0 spiro atoms. The van der Waals surface area contributed by atoms with Gasteiger partial charge in [0, 0.05) is 22.9 Å². The Bertz CT molecular complexity index is 1410. The van der Waals surface area contributed by atoms with Gasteiger partial charge in [0.05, 0.1) is 5.69 Å². The molecule has 204 valence electrons. The summed E-state index contributed by atoms with van der Waals surface area (Å²) < 4.78 is 124. The van der Waals surface area contributed by atoms with Crippen LogP contribution in [0.25, 0.3) is 33.5 Å². The Morgan fingerprint density at radius 1 is 0.436 bits per heavy atom. The van der Waals surface area contributed by atoms with E-state index in [-0.39, 0.29) is 5.69 Å². The zero-order valence-corrected chi connectivity index (χ0v) is 19.2. The molecule has 0 unspecified atom stereocenters. The summed E-state index contributed by atoms with van der Waals surface area (Å²) in [6, 6.07) is 16.1. The largest absolute Gasteiger partial charge is 0.573 e. The van der Waals surface area contributed by atoms with Crippen LogP contribution in [0.2, 0.25) is 0 Å². The molecule has 0 fully saturated rings. The average molecular weight is 559 g/mol. The maximum absolute atomic E-state index is 12.6. The van der Waals surface area contributed by atoms with Gasteiger partial charge in [-0.1, -0.05) is 24.3 Å². The number of benzene rings is 3. The molecule has 0 bridgehead atoms. The number of rotatable bonds is 6. The third kappa shape index (κ3) is 7.79. The Hall–Kier alpha value is -4.42. The number of nitrogens with zero attached hydrogens (tertiary/aromatic N) is 1. The van der Waals surface area contributed by atoms with Crippen molar-refractivity contribution in [2.75, 3.05) is 0 Å². The molecule has 0 aliphatic carbocycles. The Morgan fingerprint density at radius 2 is 0.795 bits per heavy atom. The summed E-state index contributed by atoms with van der Waals surface area (Å²) in [6.45, 7) is 0. The number of hydrogen-bond donors (Lipinski definition) is 0. The minimum atomic E-state index is -4.91. The van der Waals surface area contributed by atoms with Gasteiger partial charge in [-0.2, -0.15) is 0 Å². The second-order valence-corrected chi connectivity index (χ2v) is 7.84. The molecule has 1 aromatic heterocycles. The Labute approximate surface area is 214 Å². The number of alkyl halides is 9. The van der Waals surface area contributed by atoms with Gasteiger partial charge in [0.25, 0.3) is 0 Å². The standard InChI is InChI=1S/C26H14F9NO3/c27-24(28,29)37-19-7-1-15(2-8-19)18-13-22(16-3-9-20(10-4-16)38-25(30,31)32)23(36-14-18)17-5-11-21(12-6-17)39-26(33,34)35/h1-14H. The topological polar surface area (TPSA) is 40.6 Å². The maximum atomic E-state index is 12.6. The lowest BCUT2D eigenvalue weighted by Crippen LogP contribution is -2.17. The molecule has 0 radical (unpaired) electrons. The van der Waals surface area contributed by atoms with Crippen molar-refractivity contribution in [2.45, 2.75) is 19.1 Å². The summed E-state index contributed by atoms with van der Waals surface area (Å²) in [5.41, 5.74) is 2.23. The van der Waals surface area contributed by atoms with E-state index >= 15 is 0 Å². The summed E-state index contributed by atoms with van der Waals surface area (Å²) in [6.07, 6.45) is -13.3. The molecular weight excluding hydrogens is 545 g/mol. The van der Waals surface area contributed by atoms with Crippen molar-refractivity contribution in [1.29, 1.82) is 0 Å². The van der Waals surface area contributed by atoms with Crippen LogP contribution in [0.1, 0.15) is 0 Å². The zero-order chi connectivity index (χ0) is 28.4. The third-order valence-electron chi connectivity index (χ3n) is 5.07. The molecule has 3 aromatic carbocycles. The van der Waals surface area contributed by atoms with Gasteiger partial charge in [-0.15, -0.1) is 39.5 Å². The lowest BCUT2D eigenvalue weighted by molar-refractivity contribution is -0.275. The highest BCUT2D eigenvalue weighted by molar-refractivity contribution is 5.84. The molecule has 0 atom stereocenters. The molecule has 0 aliphatic heterocycles.